The second-order valence-electron chi connectivity index (χ2n) is 6.76. The third kappa shape index (κ3) is 6.41. The van der Waals surface area contributed by atoms with Gasteiger partial charge < -0.3 is 9.88 Å². The SMILES string of the molecule is Cc1ccc(C(=O)NCC(=O)NNC(=O)c2ccc(CSc3nncn3C)cc2)cc1. The summed E-state index contributed by atoms with van der Waals surface area (Å²) >= 11 is 1.54. The maximum Gasteiger partial charge on any atom is 0.269 e. The lowest BCUT2D eigenvalue weighted by atomic mass is 10.1. The Balaban J connectivity index is 1.41. The Labute approximate surface area is 183 Å². The van der Waals surface area contributed by atoms with E-state index in [-0.39, 0.29) is 12.5 Å². The summed E-state index contributed by atoms with van der Waals surface area (Å²) in [5.74, 6) is -0.668. The molecule has 10 heteroatoms. The number of hydrogen-bond donors (Lipinski definition) is 3. The van der Waals surface area contributed by atoms with E-state index in [2.05, 4.69) is 26.4 Å². The molecule has 3 N–H and O–H groups in total. The summed E-state index contributed by atoms with van der Waals surface area (Å²) in [6.45, 7) is 1.66. The van der Waals surface area contributed by atoms with Crippen molar-refractivity contribution in [3.63, 3.8) is 0 Å². The molecule has 0 saturated carbocycles. The summed E-state index contributed by atoms with van der Waals surface area (Å²) in [6.07, 6.45) is 1.64. The van der Waals surface area contributed by atoms with Crippen molar-refractivity contribution in [1.29, 1.82) is 0 Å². The molecular weight excluding hydrogens is 416 g/mol. The van der Waals surface area contributed by atoms with E-state index in [0.717, 1.165) is 16.3 Å². The van der Waals surface area contributed by atoms with Gasteiger partial charge in [0, 0.05) is 23.9 Å². The van der Waals surface area contributed by atoms with E-state index in [9.17, 15) is 14.4 Å². The molecule has 0 saturated heterocycles. The Bertz CT molecular complexity index is 1060. The number of hydrazine groups is 1. The molecule has 0 spiro atoms. The van der Waals surface area contributed by atoms with Gasteiger partial charge in [-0.25, -0.2) is 0 Å². The van der Waals surface area contributed by atoms with Crippen LogP contribution in [0.4, 0.5) is 0 Å². The first-order valence-electron chi connectivity index (χ1n) is 9.42. The number of nitrogens with one attached hydrogen (secondary N) is 3. The van der Waals surface area contributed by atoms with Gasteiger partial charge in [-0.2, -0.15) is 0 Å². The lowest BCUT2D eigenvalue weighted by Crippen LogP contribution is -2.46. The second-order valence-corrected chi connectivity index (χ2v) is 7.70. The van der Waals surface area contributed by atoms with Gasteiger partial charge in [0.1, 0.15) is 6.33 Å². The molecule has 160 valence electrons. The van der Waals surface area contributed by atoms with E-state index >= 15 is 0 Å². The topological polar surface area (TPSA) is 118 Å². The van der Waals surface area contributed by atoms with Gasteiger partial charge in [0.15, 0.2) is 5.16 Å². The fourth-order valence-electron chi connectivity index (χ4n) is 2.51. The number of nitrogens with zero attached hydrogens (tertiary/aromatic N) is 3. The predicted molar refractivity (Wildman–Crippen MR) is 116 cm³/mol. The van der Waals surface area contributed by atoms with Crippen LogP contribution in [0.1, 0.15) is 31.8 Å². The Morgan fingerprint density at radius 3 is 2.23 bits per heavy atom. The Kier molecular flexibility index (Phi) is 7.39. The first-order valence-corrected chi connectivity index (χ1v) is 10.4. The maximum absolute atomic E-state index is 12.2. The van der Waals surface area contributed by atoms with Gasteiger partial charge in [-0.05, 0) is 36.8 Å². The number of rotatable bonds is 7. The summed E-state index contributed by atoms with van der Waals surface area (Å²) in [5.41, 5.74) is 7.54. The highest BCUT2D eigenvalue weighted by atomic mass is 32.2. The summed E-state index contributed by atoms with van der Waals surface area (Å²) in [5, 5.41) is 11.1. The zero-order chi connectivity index (χ0) is 22.2. The lowest BCUT2D eigenvalue weighted by Gasteiger charge is -2.09. The van der Waals surface area contributed by atoms with Crippen LogP contribution < -0.4 is 16.2 Å². The molecule has 1 heterocycles. The molecule has 31 heavy (non-hydrogen) atoms. The number of aromatic nitrogens is 3. The smallest absolute Gasteiger partial charge is 0.269 e. The molecule has 0 fully saturated rings. The fourth-order valence-corrected chi connectivity index (χ4v) is 3.36. The second kappa shape index (κ2) is 10.4. The summed E-state index contributed by atoms with van der Waals surface area (Å²) in [6, 6.07) is 14.0. The van der Waals surface area contributed by atoms with Crippen molar-refractivity contribution in [1.82, 2.24) is 30.9 Å². The number of hydrogen-bond acceptors (Lipinski definition) is 6. The average Bonchev–Trinajstić information content (AvgIpc) is 3.19. The predicted octanol–water partition coefficient (Wildman–Crippen LogP) is 1.61. The maximum atomic E-state index is 12.2. The van der Waals surface area contributed by atoms with Gasteiger partial charge in [0.05, 0.1) is 6.54 Å². The number of thioether (sulfide) groups is 1. The van der Waals surface area contributed by atoms with Crippen molar-refractivity contribution in [3.8, 4) is 0 Å². The van der Waals surface area contributed by atoms with Gasteiger partial charge >= 0.3 is 0 Å². The van der Waals surface area contributed by atoms with Crippen LogP contribution in [-0.2, 0) is 17.6 Å². The number of carbonyl (C=O) groups excluding carboxylic acids is 3. The minimum atomic E-state index is -0.537. The fraction of sp³-hybridized carbons (Fsp3) is 0.190. The van der Waals surface area contributed by atoms with Crippen LogP contribution in [0.2, 0.25) is 0 Å². The number of aryl methyl sites for hydroxylation is 2. The Hall–Kier alpha value is -3.66. The van der Waals surface area contributed by atoms with Crippen molar-refractivity contribution >= 4 is 29.5 Å². The minimum Gasteiger partial charge on any atom is -0.343 e. The molecule has 0 aliphatic heterocycles. The summed E-state index contributed by atoms with van der Waals surface area (Å²) in [7, 11) is 1.87. The highest BCUT2D eigenvalue weighted by Crippen LogP contribution is 2.20. The van der Waals surface area contributed by atoms with E-state index < -0.39 is 11.8 Å². The van der Waals surface area contributed by atoms with Crippen LogP contribution in [0.15, 0.2) is 60.0 Å². The van der Waals surface area contributed by atoms with Crippen LogP contribution in [0.25, 0.3) is 0 Å². The van der Waals surface area contributed by atoms with Crippen LogP contribution >= 0.6 is 11.8 Å². The van der Waals surface area contributed by atoms with Crippen molar-refractivity contribution in [3.05, 3.63) is 77.1 Å². The highest BCUT2D eigenvalue weighted by Gasteiger charge is 2.10. The van der Waals surface area contributed by atoms with Gasteiger partial charge in [0.2, 0.25) is 0 Å². The van der Waals surface area contributed by atoms with Crippen LogP contribution in [0.5, 0.6) is 0 Å². The molecule has 2 aromatic carbocycles. The number of benzene rings is 2. The van der Waals surface area contributed by atoms with E-state index in [1.807, 2.05) is 42.8 Å². The van der Waals surface area contributed by atoms with Gasteiger partial charge in [0.25, 0.3) is 17.7 Å². The third-order valence-corrected chi connectivity index (χ3v) is 5.40. The van der Waals surface area contributed by atoms with Crippen molar-refractivity contribution in [2.75, 3.05) is 6.54 Å². The highest BCUT2D eigenvalue weighted by molar-refractivity contribution is 7.98. The number of carbonyl (C=O) groups is 3. The zero-order valence-corrected chi connectivity index (χ0v) is 17.9. The lowest BCUT2D eigenvalue weighted by molar-refractivity contribution is -0.120. The molecule has 1 aromatic heterocycles. The molecule has 3 rings (SSSR count). The molecular formula is C21H22N6O3S. The van der Waals surface area contributed by atoms with Crippen LogP contribution in [0, 0.1) is 6.92 Å². The van der Waals surface area contributed by atoms with E-state index in [4.69, 9.17) is 0 Å². The third-order valence-electron chi connectivity index (χ3n) is 4.29. The van der Waals surface area contributed by atoms with Crippen molar-refractivity contribution in [2.45, 2.75) is 17.8 Å². The normalized spacial score (nSPS) is 10.4. The summed E-state index contributed by atoms with van der Waals surface area (Å²) in [4.78, 5) is 36.1. The van der Waals surface area contributed by atoms with Crippen molar-refractivity contribution in [2.24, 2.45) is 7.05 Å². The Morgan fingerprint density at radius 2 is 1.58 bits per heavy atom. The average molecular weight is 439 g/mol. The first kappa shape index (κ1) is 22.0. The van der Waals surface area contributed by atoms with Gasteiger partial charge in [-0.1, -0.05) is 41.6 Å². The zero-order valence-electron chi connectivity index (χ0n) is 17.1. The summed E-state index contributed by atoms with van der Waals surface area (Å²) < 4.78 is 1.83. The molecule has 0 bridgehead atoms. The van der Waals surface area contributed by atoms with Crippen LogP contribution in [-0.4, -0.2) is 39.0 Å². The molecule has 9 nitrogen and oxygen atoms in total. The van der Waals surface area contributed by atoms with E-state index in [1.54, 1.807) is 30.6 Å². The van der Waals surface area contributed by atoms with Gasteiger partial charge in [-0.15, -0.1) is 10.2 Å². The van der Waals surface area contributed by atoms with Crippen molar-refractivity contribution < 1.29 is 14.4 Å². The largest absolute Gasteiger partial charge is 0.343 e. The van der Waals surface area contributed by atoms with Crippen LogP contribution in [0.3, 0.4) is 0 Å². The first-order chi connectivity index (χ1) is 14.9. The quantitative estimate of drug-likeness (QED) is 0.381. The molecule has 0 aliphatic carbocycles. The molecule has 0 radical (unpaired) electrons. The molecule has 3 aromatic rings. The van der Waals surface area contributed by atoms with Gasteiger partial charge in [-0.3, -0.25) is 25.2 Å². The number of amides is 3. The monoisotopic (exact) mass is 438 g/mol. The Morgan fingerprint density at radius 1 is 0.935 bits per heavy atom. The van der Waals surface area contributed by atoms with E-state index in [1.165, 1.54) is 11.8 Å². The van der Waals surface area contributed by atoms with E-state index in [0.29, 0.717) is 16.9 Å². The molecule has 3 amide bonds. The molecule has 0 aliphatic rings. The molecule has 0 unspecified atom stereocenters. The molecule has 0 atom stereocenters. The minimum absolute atomic E-state index is 0.259. The standard InChI is InChI=1S/C21H22N6O3S/c1-14-3-7-16(8-4-14)19(29)22-11-18(28)24-25-20(30)17-9-5-15(6-10-17)12-31-21-26-23-13-27(21)2/h3-10,13H,11-12H2,1-2H3,(H,22,29)(H,24,28)(H,25,30).